The van der Waals surface area contributed by atoms with Crippen molar-refractivity contribution in [1.29, 1.82) is 0 Å². The van der Waals surface area contributed by atoms with Crippen molar-refractivity contribution in [3.05, 3.63) is 34.9 Å². The monoisotopic (exact) mass is 226 g/mol. The summed E-state index contributed by atoms with van der Waals surface area (Å²) >= 11 is 6.13. The Morgan fingerprint density at radius 1 is 1.33 bits per heavy atom. The normalized spacial score (nSPS) is 14.9. The summed E-state index contributed by atoms with van der Waals surface area (Å²) in [6, 6.07) is 7.79. The molecule has 0 aromatic heterocycles. The van der Waals surface area contributed by atoms with Crippen LogP contribution in [0.2, 0.25) is 5.02 Å². The lowest BCUT2D eigenvalue weighted by molar-refractivity contribution is 0.226. The molecule has 0 radical (unpaired) electrons. The van der Waals surface area contributed by atoms with E-state index in [2.05, 4.69) is 13.8 Å². The van der Waals surface area contributed by atoms with E-state index in [1.165, 1.54) is 0 Å². The summed E-state index contributed by atoms with van der Waals surface area (Å²) in [7, 11) is 0. The van der Waals surface area contributed by atoms with Gasteiger partial charge < -0.3 is 5.11 Å². The van der Waals surface area contributed by atoms with E-state index in [1.807, 2.05) is 24.3 Å². The molecule has 0 amide bonds. The maximum absolute atomic E-state index is 9.44. The second kappa shape index (κ2) is 6.14. The van der Waals surface area contributed by atoms with Crippen LogP contribution in [0, 0.1) is 5.92 Å². The molecule has 1 aromatic rings. The molecule has 84 valence electrons. The molecule has 0 saturated carbocycles. The first-order valence-corrected chi connectivity index (χ1v) is 5.93. The first-order valence-electron chi connectivity index (χ1n) is 5.56. The summed E-state index contributed by atoms with van der Waals surface area (Å²) in [5.41, 5.74) is 1.07. The summed E-state index contributed by atoms with van der Waals surface area (Å²) in [5.74, 6) is 0.638. The number of aliphatic hydroxyl groups excluding tert-OH is 1. The van der Waals surface area contributed by atoms with E-state index in [0.717, 1.165) is 23.4 Å². The van der Waals surface area contributed by atoms with Gasteiger partial charge in [0.15, 0.2) is 0 Å². The van der Waals surface area contributed by atoms with E-state index in [-0.39, 0.29) is 12.5 Å². The van der Waals surface area contributed by atoms with Gasteiger partial charge in [-0.15, -0.1) is 0 Å². The van der Waals surface area contributed by atoms with Crippen LogP contribution in [0.4, 0.5) is 0 Å². The van der Waals surface area contributed by atoms with Crippen LogP contribution < -0.4 is 0 Å². The number of hydrogen-bond acceptors (Lipinski definition) is 1. The van der Waals surface area contributed by atoms with Crippen molar-refractivity contribution in [2.45, 2.75) is 32.6 Å². The lowest BCUT2D eigenvalue weighted by atomic mass is 9.85. The molecule has 1 rings (SSSR count). The second-order valence-electron chi connectivity index (χ2n) is 4.08. The Morgan fingerprint density at radius 3 is 2.53 bits per heavy atom. The quantitative estimate of drug-likeness (QED) is 0.809. The molecule has 0 aliphatic heterocycles. The van der Waals surface area contributed by atoms with Crippen molar-refractivity contribution in [1.82, 2.24) is 0 Å². The number of halogens is 1. The van der Waals surface area contributed by atoms with Gasteiger partial charge in [-0.1, -0.05) is 56.5 Å². The van der Waals surface area contributed by atoms with Gasteiger partial charge in [0.25, 0.3) is 0 Å². The zero-order chi connectivity index (χ0) is 11.3. The first kappa shape index (κ1) is 12.5. The predicted octanol–water partition coefficient (Wildman–Crippen LogP) is 3.85. The standard InChI is InChI=1S/C13H19ClO/c1-3-6-10(2)12(9-15)11-7-4-5-8-13(11)14/h4-5,7-8,10,12,15H,3,6,9H2,1-2H3. The first-order chi connectivity index (χ1) is 7.20. The van der Waals surface area contributed by atoms with Crippen LogP contribution in [0.5, 0.6) is 0 Å². The fourth-order valence-corrected chi connectivity index (χ4v) is 2.29. The Bertz CT molecular complexity index is 298. The zero-order valence-corrected chi connectivity index (χ0v) is 10.2. The average molecular weight is 227 g/mol. The Kier molecular flexibility index (Phi) is 5.13. The molecule has 0 bridgehead atoms. The average Bonchev–Trinajstić information content (AvgIpc) is 2.22. The molecule has 0 saturated heterocycles. The van der Waals surface area contributed by atoms with Gasteiger partial charge in [-0.2, -0.15) is 0 Å². The third-order valence-electron chi connectivity index (χ3n) is 2.93. The molecule has 0 fully saturated rings. The van der Waals surface area contributed by atoms with Crippen LogP contribution in [-0.2, 0) is 0 Å². The fourth-order valence-electron chi connectivity index (χ4n) is 2.02. The van der Waals surface area contributed by atoms with Gasteiger partial charge in [0.05, 0.1) is 6.61 Å². The van der Waals surface area contributed by atoms with Crippen LogP contribution in [0.1, 0.15) is 38.2 Å². The number of hydrogen-bond donors (Lipinski definition) is 1. The molecule has 2 atom stereocenters. The van der Waals surface area contributed by atoms with E-state index in [0.29, 0.717) is 5.92 Å². The van der Waals surface area contributed by atoms with E-state index in [1.54, 1.807) is 0 Å². The Morgan fingerprint density at radius 2 is 2.00 bits per heavy atom. The Balaban J connectivity index is 2.87. The molecule has 0 spiro atoms. The molecular weight excluding hydrogens is 208 g/mol. The largest absolute Gasteiger partial charge is 0.396 e. The van der Waals surface area contributed by atoms with Crippen molar-refractivity contribution in [3.8, 4) is 0 Å². The molecule has 1 nitrogen and oxygen atoms in total. The topological polar surface area (TPSA) is 20.2 Å². The summed E-state index contributed by atoms with van der Waals surface area (Å²) in [5, 5.41) is 10.2. The predicted molar refractivity (Wildman–Crippen MR) is 65.4 cm³/mol. The van der Waals surface area contributed by atoms with Gasteiger partial charge in [-0.25, -0.2) is 0 Å². The lowest BCUT2D eigenvalue weighted by Crippen LogP contribution is -2.14. The number of aliphatic hydroxyl groups is 1. The molecule has 0 heterocycles. The smallest absolute Gasteiger partial charge is 0.0502 e. The van der Waals surface area contributed by atoms with Crippen molar-refractivity contribution in [2.24, 2.45) is 5.92 Å². The Hall–Kier alpha value is -0.530. The lowest BCUT2D eigenvalue weighted by Gasteiger charge is -2.22. The van der Waals surface area contributed by atoms with Crippen LogP contribution >= 0.6 is 11.6 Å². The molecule has 0 aliphatic carbocycles. The summed E-state index contributed by atoms with van der Waals surface area (Å²) < 4.78 is 0. The summed E-state index contributed by atoms with van der Waals surface area (Å²) in [4.78, 5) is 0. The van der Waals surface area contributed by atoms with Crippen molar-refractivity contribution < 1.29 is 5.11 Å². The second-order valence-corrected chi connectivity index (χ2v) is 4.48. The highest BCUT2D eigenvalue weighted by Crippen LogP contribution is 2.31. The zero-order valence-electron chi connectivity index (χ0n) is 9.41. The molecule has 2 heteroatoms. The maximum Gasteiger partial charge on any atom is 0.0502 e. The fraction of sp³-hybridized carbons (Fsp3) is 0.538. The minimum atomic E-state index is 0.165. The summed E-state index contributed by atoms with van der Waals surface area (Å²) in [6.07, 6.45) is 2.26. The Labute approximate surface area is 97.1 Å². The molecular formula is C13H19ClO. The van der Waals surface area contributed by atoms with Gasteiger partial charge in [-0.05, 0) is 17.5 Å². The van der Waals surface area contributed by atoms with Gasteiger partial charge >= 0.3 is 0 Å². The molecule has 15 heavy (non-hydrogen) atoms. The highest BCUT2D eigenvalue weighted by atomic mass is 35.5. The van der Waals surface area contributed by atoms with Gasteiger partial charge in [-0.3, -0.25) is 0 Å². The number of rotatable bonds is 5. The van der Waals surface area contributed by atoms with E-state index in [9.17, 15) is 5.11 Å². The van der Waals surface area contributed by atoms with Crippen molar-refractivity contribution in [2.75, 3.05) is 6.61 Å². The minimum Gasteiger partial charge on any atom is -0.396 e. The third-order valence-corrected chi connectivity index (χ3v) is 3.28. The van der Waals surface area contributed by atoms with Crippen LogP contribution in [0.15, 0.2) is 24.3 Å². The van der Waals surface area contributed by atoms with E-state index >= 15 is 0 Å². The third kappa shape index (κ3) is 3.22. The minimum absolute atomic E-state index is 0.165. The molecule has 0 aliphatic rings. The molecule has 1 N–H and O–H groups in total. The van der Waals surface area contributed by atoms with Crippen molar-refractivity contribution in [3.63, 3.8) is 0 Å². The maximum atomic E-state index is 9.44. The van der Waals surface area contributed by atoms with Crippen LogP contribution in [-0.4, -0.2) is 11.7 Å². The number of benzene rings is 1. The van der Waals surface area contributed by atoms with Crippen LogP contribution in [0.25, 0.3) is 0 Å². The van der Waals surface area contributed by atoms with Crippen LogP contribution in [0.3, 0.4) is 0 Å². The van der Waals surface area contributed by atoms with Gasteiger partial charge in [0.2, 0.25) is 0 Å². The van der Waals surface area contributed by atoms with E-state index in [4.69, 9.17) is 11.6 Å². The highest BCUT2D eigenvalue weighted by Gasteiger charge is 2.19. The summed E-state index contributed by atoms with van der Waals surface area (Å²) in [6.45, 7) is 4.51. The van der Waals surface area contributed by atoms with Crippen molar-refractivity contribution >= 4 is 11.6 Å². The SMILES string of the molecule is CCCC(C)C(CO)c1ccccc1Cl. The molecule has 1 aromatic carbocycles. The van der Waals surface area contributed by atoms with Gasteiger partial charge in [0.1, 0.15) is 0 Å². The van der Waals surface area contributed by atoms with Gasteiger partial charge in [0, 0.05) is 10.9 Å². The van der Waals surface area contributed by atoms with E-state index < -0.39 is 0 Å². The highest BCUT2D eigenvalue weighted by molar-refractivity contribution is 6.31. The molecule has 2 unspecified atom stereocenters.